The van der Waals surface area contributed by atoms with Crippen LogP contribution in [-0.2, 0) is 6.54 Å². The lowest BCUT2D eigenvalue weighted by Gasteiger charge is -2.35. The number of nitrogens with two attached hydrogens (primary N) is 1. The Bertz CT molecular complexity index is 388. The minimum absolute atomic E-state index is 0.109. The lowest BCUT2D eigenvalue weighted by atomic mass is 10.0. The molecule has 0 atom stereocenters. The van der Waals surface area contributed by atoms with Crippen molar-refractivity contribution in [2.24, 2.45) is 5.73 Å². The van der Waals surface area contributed by atoms with Crippen LogP contribution in [-0.4, -0.2) is 12.1 Å². The minimum atomic E-state index is -0.192. The number of hydrogen-bond donors (Lipinski definition) is 1. The van der Waals surface area contributed by atoms with Gasteiger partial charge in [-0.1, -0.05) is 6.07 Å². The van der Waals surface area contributed by atoms with E-state index in [4.69, 9.17) is 5.73 Å². The molecule has 1 heterocycles. The Kier molecular flexibility index (Phi) is 2.89. The maximum atomic E-state index is 13.6. The smallest absolute Gasteiger partial charge is 0.129 e. The average Bonchev–Trinajstić information content (AvgIpc) is 2.57. The van der Waals surface area contributed by atoms with Crippen molar-refractivity contribution < 1.29 is 4.39 Å². The fourth-order valence-electron chi connectivity index (χ4n) is 2.56. The van der Waals surface area contributed by atoms with E-state index in [0.29, 0.717) is 5.56 Å². The molecule has 1 aliphatic rings. The minimum Gasteiger partial charge on any atom is -0.366 e. The fourth-order valence-corrected chi connectivity index (χ4v) is 2.56. The summed E-state index contributed by atoms with van der Waals surface area (Å²) >= 11 is 0. The van der Waals surface area contributed by atoms with E-state index >= 15 is 0 Å². The van der Waals surface area contributed by atoms with E-state index in [1.807, 2.05) is 6.07 Å². The highest BCUT2D eigenvalue weighted by molar-refractivity contribution is 5.56. The summed E-state index contributed by atoms with van der Waals surface area (Å²) < 4.78 is 13.6. The first-order chi connectivity index (χ1) is 7.56. The Morgan fingerprint density at radius 2 is 2.19 bits per heavy atom. The van der Waals surface area contributed by atoms with Crippen molar-refractivity contribution in [3.05, 3.63) is 29.6 Å². The Morgan fingerprint density at radius 1 is 1.44 bits per heavy atom. The van der Waals surface area contributed by atoms with Gasteiger partial charge >= 0.3 is 0 Å². The van der Waals surface area contributed by atoms with Gasteiger partial charge in [-0.3, -0.25) is 0 Å². The molecule has 0 bridgehead atoms. The van der Waals surface area contributed by atoms with E-state index in [1.54, 1.807) is 6.07 Å². The third-order valence-electron chi connectivity index (χ3n) is 3.49. The van der Waals surface area contributed by atoms with Crippen molar-refractivity contribution in [1.29, 1.82) is 0 Å². The standard InChI is InChI=1S/C13H19FN2/c1-13(2)7-4-8-16(13)12-6-3-5-11(14)10(12)9-15/h3,5-6H,4,7-9,15H2,1-2H3. The summed E-state index contributed by atoms with van der Waals surface area (Å²) in [6.07, 6.45) is 2.31. The zero-order valence-corrected chi connectivity index (χ0v) is 9.96. The topological polar surface area (TPSA) is 29.3 Å². The van der Waals surface area contributed by atoms with Gasteiger partial charge in [-0.2, -0.15) is 0 Å². The molecule has 0 aromatic heterocycles. The molecule has 1 fully saturated rings. The zero-order valence-electron chi connectivity index (χ0n) is 9.96. The molecule has 0 unspecified atom stereocenters. The summed E-state index contributed by atoms with van der Waals surface area (Å²) in [7, 11) is 0. The largest absolute Gasteiger partial charge is 0.366 e. The monoisotopic (exact) mass is 222 g/mol. The SMILES string of the molecule is CC1(C)CCCN1c1cccc(F)c1CN. The van der Waals surface area contributed by atoms with Crippen LogP contribution < -0.4 is 10.6 Å². The summed E-state index contributed by atoms with van der Waals surface area (Å²) in [5.74, 6) is -0.192. The predicted octanol–water partition coefficient (Wildman–Crippen LogP) is 2.66. The Labute approximate surface area is 96.2 Å². The van der Waals surface area contributed by atoms with E-state index in [1.165, 1.54) is 6.07 Å². The molecule has 1 aromatic rings. The quantitative estimate of drug-likeness (QED) is 0.833. The fraction of sp³-hybridized carbons (Fsp3) is 0.538. The summed E-state index contributed by atoms with van der Waals surface area (Å²) in [6.45, 7) is 5.65. The van der Waals surface area contributed by atoms with E-state index < -0.39 is 0 Å². The molecule has 0 saturated carbocycles. The van der Waals surface area contributed by atoms with Crippen molar-refractivity contribution in [1.82, 2.24) is 0 Å². The number of benzene rings is 1. The van der Waals surface area contributed by atoms with Crippen molar-refractivity contribution in [3.8, 4) is 0 Å². The van der Waals surface area contributed by atoms with Crippen LogP contribution >= 0.6 is 0 Å². The summed E-state index contributed by atoms with van der Waals surface area (Å²) in [4.78, 5) is 2.28. The molecule has 1 aliphatic heterocycles. The van der Waals surface area contributed by atoms with Gasteiger partial charge in [0.2, 0.25) is 0 Å². The van der Waals surface area contributed by atoms with Gasteiger partial charge in [0.1, 0.15) is 5.82 Å². The van der Waals surface area contributed by atoms with Crippen molar-refractivity contribution >= 4 is 5.69 Å². The molecule has 2 N–H and O–H groups in total. The van der Waals surface area contributed by atoms with Gasteiger partial charge in [-0.15, -0.1) is 0 Å². The predicted molar refractivity (Wildman–Crippen MR) is 65.0 cm³/mol. The first kappa shape index (κ1) is 11.4. The number of rotatable bonds is 2. The lowest BCUT2D eigenvalue weighted by Crippen LogP contribution is -2.39. The van der Waals surface area contributed by atoms with Gasteiger partial charge in [0, 0.05) is 29.9 Å². The Hall–Kier alpha value is -1.09. The van der Waals surface area contributed by atoms with E-state index in [0.717, 1.165) is 25.1 Å². The highest BCUT2D eigenvalue weighted by Gasteiger charge is 2.33. The molecule has 0 aliphatic carbocycles. The number of nitrogens with zero attached hydrogens (tertiary/aromatic N) is 1. The summed E-state index contributed by atoms with van der Waals surface area (Å²) in [5, 5.41) is 0. The number of anilines is 1. The first-order valence-electron chi connectivity index (χ1n) is 5.81. The maximum absolute atomic E-state index is 13.6. The van der Waals surface area contributed by atoms with Crippen molar-refractivity contribution in [3.63, 3.8) is 0 Å². The molecule has 0 spiro atoms. The third kappa shape index (κ3) is 1.80. The Balaban J connectivity index is 2.44. The van der Waals surface area contributed by atoms with Crippen LogP contribution in [0.2, 0.25) is 0 Å². The molecule has 0 radical (unpaired) electrons. The normalized spacial score (nSPS) is 19.1. The van der Waals surface area contributed by atoms with Gasteiger partial charge < -0.3 is 10.6 Å². The number of halogens is 1. The number of hydrogen-bond acceptors (Lipinski definition) is 2. The molecular formula is C13H19FN2. The molecule has 3 heteroatoms. The second-order valence-electron chi connectivity index (χ2n) is 5.01. The van der Waals surface area contributed by atoms with Gasteiger partial charge in [-0.05, 0) is 38.8 Å². The second kappa shape index (κ2) is 4.06. The van der Waals surface area contributed by atoms with Crippen LogP contribution in [0.3, 0.4) is 0 Å². The van der Waals surface area contributed by atoms with Crippen LogP contribution in [0.5, 0.6) is 0 Å². The van der Waals surface area contributed by atoms with E-state index in [2.05, 4.69) is 18.7 Å². The molecule has 1 aromatic carbocycles. The van der Waals surface area contributed by atoms with Crippen molar-refractivity contribution in [2.75, 3.05) is 11.4 Å². The molecular weight excluding hydrogens is 203 g/mol. The highest BCUT2D eigenvalue weighted by atomic mass is 19.1. The second-order valence-corrected chi connectivity index (χ2v) is 5.01. The van der Waals surface area contributed by atoms with Crippen LogP contribution in [0, 0.1) is 5.82 Å². The molecule has 1 saturated heterocycles. The zero-order chi connectivity index (χ0) is 11.8. The lowest BCUT2D eigenvalue weighted by molar-refractivity contribution is 0.514. The molecule has 0 amide bonds. The highest BCUT2D eigenvalue weighted by Crippen LogP contribution is 2.35. The van der Waals surface area contributed by atoms with Gasteiger partial charge in [0.05, 0.1) is 0 Å². The van der Waals surface area contributed by atoms with Gasteiger partial charge in [-0.25, -0.2) is 4.39 Å². The summed E-state index contributed by atoms with van der Waals surface area (Å²) in [6, 6.07) is 5.21. The van der Waals surface area contributed by atoms with Crippen LogP contribution in [0.4, 0.5) is 10.1 Å². The molecule has 2 rings (SSSR count). The van der Waals surface area contributed by atoms with E-state index in [9.17, 15) is 4.39 Å². The van der Waals surface area contributed by atoms with Crippen molar-refractivity contribution in [2.45, 2.75) is 38.8 Å². The average molecular weight is 222 g/mol. The van der Waals surface area contributed by atoms with Crippen LogP contribution in [0.1, 0.15) is 32.3 Å². The van der Waals surface area contributed by atoms with Gasteiger partial charge in [0.25, 0.3) is 0 Å². The molecule has 16 heavy (non-hydrogen) atoms. The molecule has 88 valence electrons. The van der Waals surface area contributed by atoms with Crippen LogP contribution in [0.15, 0.2) is 18.2 Å². The van der Waals surface area contributed by atoms with Crippen LogP contribution in [0.25, 0.3) is 0 Å². The maximum Gasteiger partial charge on any atom is 0.129 e. The Morgan fingerprint density at radius 3 is 2.75 bits per heavy atom. The molecule has 2 nitrogen and oxygen atoms in total. The first-order valence-corrected chi connectivity index (χ1v) is 5.81. The summed E-state index contributed by atoms with van der Waals surface area (Å²) in [5.41, 5.74) is 7.35. The van der Waals surface area contributed by atoms with Gasteiger partial charge in [0.15, 0.2) is 0 Å². The third-order valence-corrected chi connectivity index (χ3v) is 3.49. The van der Waals surface area contributed by atoms with E-state index in [-0.39, 0.29) is 17.9 Å².